The predicted molar refractivity (Wildman–Crippen MR) is 58.3 cm³/mol. The zero-order valence-electron chi connectivity index (χ0n) is 9.09. The van der Waals surface area contributed by atoms with Gasteiger partial charge in [0.05, 0.1) is 6.61 Å². The Hall–Kier alpha value is -0.940. The highest BCUT2D eigenvalue weighted by atomic mass is 35.5. The van der Waals surface area contributed by atoms with Crippen LogP contribution in [-0.2, 0) is 0 Å². The van der Waals surface area contributed by atoms with Crippen molar-refractivity contribution in [3.63, 3.8) is 0 Å². The first-order valence-electron chi connectivity index (χ1n) is 5.03. The molecule has 0 bridgehead atoms. The minimum atomic E-state index is -4.74. The maximum absolute atomic E-state index is 12.4. The lowest BCUT2D eigenvalue weighted by molar-refractivity contribution is -0.207. The molecule has 0 spiro atoms. The van der Waals surface area contributed by atoms with E-state index in [1.165, 1.54) is 12.1 Å². The summed E-state index contributed by atoms with van der Waals surface area (Å²) in [6.07, 6.45) is -6.67. The van der Waals surface area contributed by atoms with E-state index in [1.807, 2.05) is 6.92 Å². The standard InChI is InChI=1S/C11H12ClF3O2/c1-2-5-17-9-4-3-7(12)6-8(9)10(16)11(13,14)15/h3-4,6,10,16H,2,5H2,1H3. The summed E-state index contributed by atoms with van der Waals surface area (Å²) < 4.78 is 42.4. The summed E-state index contributed by atoms with van der Waals surface area (Å²) in [5, 5.41) is 9.32. The van der Waals surface area contributed by atoms with Crippen molar-refractivity contribution in [3.05, 3.63) is 28.8 Å². The fourth-order valence-corrected chi connectivity index (χ4v) is 1.43. The van der Waals surface area contributed by atoms with Gasteiger partial charge in [-0.05, 0) is 24.6 Å². The van der Waals surface area contributed by atoms with Gasteiger partial charge in [-0.3, -0.25) is 0 Å². The monoisotopic (exact) mass is 268 g/mol. The number of alkyl halides is 3. The number of ether oxygens (including phenoxy) is 1. The molecule has 1 N–H and O–H groups in total. The highest BCUT2D eigenvalue weighted by Crippen LogP contribution is 2.38. The number of aliphatic hydroxyl groups excluding tert-OH is 1. The van der Waals surface area contributed by atoms with Crippen molar-refractivity contribution in [1.29, 1.82) is 0 Å². The molecule has 0 aliphatic rings. The third-order valence-corrected chi connectivity index (χ3v) is 2.27. The molecule has 17 heavy (non-hydrogen) atoms. The predicted octanol–water partition coefficient (Wildman–Crippen LogP) is 3.72. The smallest absolute Gasteiger partial charge is 0.418 e. The quantitative estimate of drug-likeness (QED) is 0.902. The van der Waals surface area contributed by atoms with Crippen molar-refractivity contribution in [2.45, 2.75) is 25.6 Å². The Kier molecular flexibility index (Phi) is 4.65. The van der Waals surface area contributed by atoms with E-state index >= 15 is 0 Å². The molecule has 1 aromatic rings. The van der Waals surface area contributed by atoms with E-state index in [4.69, 9.17) is 16.3 Å². The Labute approximate surface area is 102 Å². The lowest BCUT2D eigenvalue weighted by Crippen LogP contribution is -2.21. The van der Waals surface area contributed by atoms with Gasteiger partial charge < -0.3 is 9.84 Å². The molecular weight excluding hydrogens is 257 g/mol. The third-order valence-electron chi connectivity index (χ3n) is 2.04. The average molecular weight is 269 g/mol. The van der Waals surface area contributed by atoms with Gasteiger partial charge in [-0.1, -0.05) is 18.5 Å². The molecule has 0 saturated carbocycles. The summed E-state index contributed by atoms with van der Waals surface area (Å²) in [6.45, 7) is 2.11. The summed E-state index contributed by atoms with van der Waals surface area (Å²) in [5.74, 6) is 0.000995. The molecule has 0 aliphatic carbocycles. The van der Waals surface area contributed by atoms with Crippen molar-refractivity contribution >= 4 is 11.6 Å². The SMILES string of the molecule is CCCOc1ccc(Cl)cc1C(O)C(F)(F)F. The summed E-state index contributed by atoms with van der Waals surface area (Å²) in [6, 6.07) is 3.80. The molecule has 0 saturated heterocycles. The first-order valence-corrected chi connectivity index (χ1v) is 5.41. The molecule has 0 aromatic heterocycles. The van der Waals surface area contributed by atoms with Crippen LogP contribution in [0.1, 0.15) is 25.0 Å². The summed E-state index contributed by atoms with van der Waals surface area (Å²) in [4.78, 5) is 0. The van der Waals surface area contributed by atoms with Crippen LogP contribution in [-0.4, -0.2) is 17.9 Å². The Morgan fingerprint density at radius 2 is 2.06 bits per heavy atom. The summed E-state index contributed by atoms with van der Waals surface area (Å²) in [7, 11) is 0. The van der Waals surface area contributed by atoms with Gasteiger partial charge in [-0.2, -0.15) is 13.2 Å². The molecule has 6 heteroatoms. The van der Waals surface area contributed by atoms with Crippen LogP contribution >= 0.6 is 11.6 Å². The number of rotatable bonds is 4. The van der Waals surface area contributed by atoms with Gasteiger partial charge in [0.15, 0.2) is 6.10 Å². The van der Waals surface area contributed by atoms with E-state index in [0.717, 1.165) is 6.07 Å². The molecule has 1 atom stereocenters. The van der Waals surface area contributed by atoms with E-state index in [1.54, 1.807) is 0 Å². The minimum Gasteiger partial charge on any atom is -0.493 e. The zero-order chi connectivity index (χ0) is 13.1. The molecule has 0 aliphatic heterocycles. The van der Waals surface area contributed by atoms with Crippen LogP contribution in [0.3, 0.4) is 0 Å². The van der Waals surface area contributed by atoms with Crippen LogP contribution < -0.4 is 4.74 Å². The Morgan fingerprint density at radius 3 is 2.59 bits per heavy atom. The molecule has 1 unspecified atom stereocenters. The molecule has 1 aromatic carbocycles. The molecule has 0 heterocycles. The van der Waals surface area contributed by atoms with E-state index in [2.05, 4.69) is 0 Å². The fraction of sp³-hybridized carbons (Fsp3) is 0.455. The van der Waals surface area contributed by atoms with Gasteiger partial charge in [0.1, 0.15) is 5.75 Å². The minimum absolute atomic E-state index is 0.000995. The lowest BCUT2D eigenvalue weighted by atomic mass is 10.1. The van der Waals surface area contributed by atoms with E-state index in [-0.39, 0.29) is 22.9 Å². The Bertz CT molecular complexity index is 379. The van der Waals surface area contributed by atoms with Crippen LogP contribution in [0.2, 0.25) is 5.02 Å². The molecular formula is C11H12ClF3O2. The first-order chi connectivity index (χ1) is 7.86. The Morgan fingerprint density at radius 1 is 1.41 bits per heavy atom. The molecule has 1 rings (SSSR count). The molecule has 0 amide bonds. The molecule has 96 valence electrons. The van der Waals surface area contributed by atoms with Crippen LogP contribution in [0.25, 0.3) is 0 Å². The normalized spacial score (nSPS) is 13.5. The maximum atomic E-state index is 12.4. The largest absolute Gasteiger partial charge is 0.493 e. The lowest BCUT2D eigenvalue weighted by Gasteiger charge is -2.18. The van der Waals surface area contributed by atoms with Crippen molar-refractivity contribution in [2.24, 2.45) is 0 Å². The summed E-state index contributed by atoms with van der Waals surface area (Å²) in [5.41, 5.74) is -0.363. The number of hydrogen-bond acceptors (Lipinski definition) is 2. The number of halogens is 4. The summed E-state index contributed by atoms with van der Waals surface area (Å²) >= 11 is 5.61. The second-order valence-electron chi connectivity index (χ2n) is 3.47. The number of hydrogen-bond donors (Lipinski definition) is 1. The van der Waals surface area contributed by atoms with Gasteiger partial charge in [0.2, 0.25) is 0 Å². The van der Waals surface area contributed by atoms with Crippen molar-refractivity contribution in [3.8, 4) is 5.75 Å². The fourth-order valence-electron chi connectivity index (χ4n) is 1.25. The van der Waals surface area contributed by atoms with Gasteiger partial charge in [0.25, 0.3) is 0 Å². The van der Waals surface area contributed by atoms with Crippen molar-refractivity contribution < 1.29 is 23.0 Å². The van der Waals surface area contributed by atoms with Gasteiger partial charge >= 0.3 is 6.18 Å². The highest BCUT2D eigenvalue weighted by Gasteiger charge is 2.41. The number of benzene rings is 1. The van der Waals surface area contributed by atoms with E-state index < -0.39 is 12.3 Å². The third kappa shape index (κ3) is 3.78. The second kappa shape index (κ2) is 5.60. The Balaban J connectivity index is 3.06. The molecule has 0 radical (unpaired) electrons. The molecule has 2 nitrogen and oxygen atoms in total. The second-order valence-corrected chi connectivity index (χ2v) is 3.91. The highest BCUT2D eigenvalue weighted by molar-refractivity contribution is 6.30. The van der Waals surface area contributed by atoms with E-state index in [9.17, 15) is 18.3 Å². The van der Waals surface area contributed by atoms with E-state index in [0.29, 0.717) is 6.42 Å². The van der Waals surface area contributed by atoms with Crippen LogP contribution in [0, 0.1) is 0 Å². The number of aliphatic hydroxyl groups is 1. The first kappa shape index (κ1) is 14.1. The molecule has 0 fully saturated rings. The maximum Gasteiger partial charge on any atom is 0.418 e. The van der Waals surface area contributed by atoms with Gasteiger partial charge in [0, 0.05) is 10.6 Å². The van der Waals surface area contributed by atoms with Gasteiger partial charge in [-0.15, -0.1) is 0 Å². The van der Waals surface area contributed by atoms with Crippen molar-refractivity contribution in [1.82, 2.24) is 0 Å². The average Bonchev–Trinajstić information content (AvgIpc) is 2.25. The van der Waals surface area contributed by atoms with Crippen LogP contribution in [0.15, 0.2) is 18.2 Å². The van der Waals surface area contributed by atoms with Crippen LogP contribution in [0.4, 0.5) is 13.2 Å². The van der Waals surface area contributed by atoms with Gasteiger partial charge in [-0.25, -0.2) is 0 Å². The van der Waals surface area contributed by atoms with Crippen molar-refractivity contribution in [2.75, 3.05) is 6.61 Å². The zero-order valence-corrected chi connectivity index (χ0v) is 9.85. The topological polar surface area (TPSA) is 29.5 Å². The van der Waals surface area contributed by atoms with Crippen LogP contribution in [0.5, 0.6) is 5.75 Å².